The number of oxime groups is 1. The van der Waals surface area contributed by atoms with Gasteiger partial charge in [0.15, 0.2) is 11.6 Å². The predicted octanol–water partition coefficient (Wildman–Crippen LogP) is 3.67. The monoisotopic (exact) mass is 451 g/mol. The Morgan fingerprint density at radius 1 is 1.25 bits per heavy atom. The van der Waals surface area contributed by atoms with Gasteiger partial charge in [-0.1, -0.05) is 10.3 Å². The number of piperidine rings is 2. The van der Waals surface area contributed by atoms with Crippen molar-refractivity contribution in [3.05, 3.63) is 17.7 Å². The van der Waals surface area contributed by atoms with E-state index in [1.54, 1.807) is 9.80 Å². The number of rotatable bonds is 4. The molecule has 0 spiro atoms. The van der Waals surface area contributed by atoms with Gasteiger partial charge in [0.1, 0.15) is 17.3 Å². The quantitative estimate of drug-likeness (QED) is 0.707. The van der Waals surface area contributed by atoms with Crippen LogP contribution in [-0.4, -0.2) is 60.2 Å². The summed E-state index contributed by atoms with van der Waals surface area (Å²) in [5.74, 6) is -1.51. The van der Waals surface area contributed by atoms with Crippen LogP contribution in [0.2, 0.25) is 0 Å². The van der Waals surface area contributed by atoms with Crippen LogP contribution in [0.15, 0.2) is 15.7 Å². The highest BCUT2D eigenvalue weighted by molar-refractivity contribution is 5.91. The lowest BCUT2D eigenvalue weighted by atomic mass is 10.1. The van der Waals surface area contributed by atoms with E-state index in [1.165, 1.54) is 0 Å². The third-order valence-corrected chi connectivity index (χ3v) is 5.69. The third kappa shape index (κ3) is 4.56. The first-order valence-corrected chi connectivity index (χ1v) is 10.8. The highest BCUT2D eigenvalue weighted by atomic mass is 19.1. The molecule has 32 heavy (non-hydrogen) atoms. The molecule has 3 heterocycles. The molecule has 0 aliphatic carbocycles. The summed E-state index contributed by atoms with van der Waals surface area (Å²) in [5.41, 5.74) is 6.26. The number of amides is 1. The molecule has 2 saturated heterocycles. The Morgan fingerprint density at radius 2 is 1.94 bits per heavy atom. The molecule has 174 valence electrons. The molecular formula is C21H27F2N5O4. The van der Waals surface area contributed by atoms with Gasteiger partial charge in [-0.15, -0.1) is 0 Å². The first kappa shape index (κ1) is 22.1. The number of anilines is 2. The van der Waals surface area contributed by atoms with Gasteiger partial charge in [-0.05, 0) is 13.8 Å². The van der Waals surface area contributed by atoms with E-state index in [2.05, 4.69) is 10.3 Å². The fourth-order valence-electron chi connectivity index (χ4n) is 3.95. The minimum absolute atomic E-state index is 0.0607. The summed E-state index contributed by atoms with van der Waals surface area (Å²) in [4.78, 5) is 21.1. The zero-order valence-corrected chi connectivity index (χ0v) is 18.1. The van der Waals surface area contributed by atoms with Crippen molar-refractivity contribution < 1.29 is 27.7 Å². The van der Waals surface area contributed by atoms with Crippen LogP contribution < -0.4 is 10.6 Å². The van der Waals surface area contributed by atoms with Gasteiger partial charge in [-0.3, -0.25) is 0 Å². The second kappa shape index (κ2) is 9.17. The summed E-state index contributed by atoms with van der Waals surface area (Å²) in [6, 6.07) is 1.13. The van der Waals surface area contributed by atoms with Crippen LogP contribution in [0.4, 0.5) is 25.1 Å². The second-order valence-corrected chi connectivity index (χ2v) is 8.33. The van der Waals surface area contributed by atoms with Crippen molar-refractivity contribution in [3.8, 4) is 0 Å². The number of likely N-dealkylation sites (tertiary alicyclic amines) is 1. The first-order chi connectivity index (χ1) is 15.3. The topological polar surface area (TPSA) is 106 Å². The van der Waals surface area contributed by atoms with Gasteiger partial charge in [-0.2, -0.15) is 0 Å². The zero-order valence-electron chi connectivity index (χ0n) is 18.1. The maximum Gasteiger partial charge on any atom is 0.410 e. The lowest BCUT2D eigenvalue weighted by Crippen LogP contribution is -2.41. The molecule has 11 heteroatoms. The number of nitrogen functional groups attached to an aromatic ring is 1. The van der Waals surface area contributed by atoms with E-state index < -0.39 is 11.6 Å². The molecule has 0 bridgehead atoms. The number of hydrogen-bond acceptors (Lipinski definition) is 8. The molecule has 2 fully saturated rings. The van der Waals surface area contributed by atoms with Crippen molar-refractivity contribution in [1.82, 2.24) is 10.1 Å². The highest BCUT2D eigenvalue weighted by Crippen LogP contribution is 2.34. The van der Waals surface area contributed by atoms with Crippen LogP contribution >= 0.6 is 0 Å². The van der Waals surface area contributed by atoms with Gasteiger partial charge >= 0.3 is 6.09 Å². The van der Waals surface area contributed by atoms with E-state index in [-0.39, 0.29) is 40.8 Å². The molecule has 2 aliphatic heterocycles. The summed E-state index contributed by atoms with van der Waals surface area (Å²) in [7, 11) is 0. The number of aromatic nitrogens is 1. The number of ether oxygens (including phenoxy) is 1. The maximum absolute atomic E-state index is 14.8. The third-order valence-electron chi connectivity index (χ3n) is 5.69. The molecule has 0 unspecified atom stereocenters. The smallest absolute Gasteiger partial charge is 0.410 e. The highest BCUT2D eigenvalue weighted by Gasteiger charge is 2.27. The molecule has 4 rings (SSSR count). The average Bonchev–Trinajstić information content (AvgIpc) is 3.17. The number of fused-ring (bicyclic) bond motifs is 1. The van der Waals surface area contributed by atoms with Crippen LogP contribution in [-0.2, 0) is 9.57 Å². The van der Waals surface area contributed by atoms with Gasteiger partial charge in [0.2, 0.25) is 5.58 Å². The summed E-state index contributed by atoms with van der Waals surface area (Å²) in [5, 5.41) is 7.60. The largest absolute Gasteiger partial charge is 0.447 e. The molecule has 0 radical (unpaired) electrons. The number of nitrogens with zero attached hydrogens (tertiary/aromatic N) is 4. The van der Waals surface area contributed by atoms with E-state index in [0.717, 1.165) is 11.8 Å². The summed E-state index contributed by atoms with van der Waals surface area (Å²) < 4.78 is 39.3. The predicted molar refractivity (Wildman–Crippen MR) is 115 cm³/mol. The van der Waals surface area contributed by atoms with E-state index in [4.69, 9.17) is 19.8 Å². The molecule has 2 aliphatic rings. The van der Waals surface area contributed by atoms with Crippen molar-refractivity contribution in [3.63, 3.8) is 0 Å². The van der Waals surface area contributed by atoms with Gasteiger partial charge in [0.25, 0.3) is 0 Å². The lowest BCUT2D eigenvalue weighted by molar-refractivity contribution is 0.00415. The van der Waals surface area contributed by atoms with E-state index >= 15 is 0 Å². The van der Waals surface area contributed by atoms with Crippen molar-refractivity contribution >= 4 is 34.3 Å². The Labute approximate surface area is 184 Å². The molecule has 9 nitrogen and oxygen atoms in total. The molecule has 2 N–H and O–H groups in total. The van der Waals surface area contributed by atoms with Crippen molar-refractivity contribution in [2.24, 2.45) is 5.16 Å². The van der Waals surface area contributed by atoms with Crippen LogP contribution in [0.25, 0.3) is 11.0 Å². The van der Waals surface area contributed by atoms with Crippen LogP contribution in [0, 0.1) is 11.6 Å². The van der Waals surface area contributed by atoms with Gasteiger partial charge in [0.05, 0.1) is 17.5 Å². The molecule has 0 saturated carbocycles. The number of hydrogen-bond donors (Lipinski definition) is 1. The first-order valence-electron chi connectivity index (χ1n) is 10.8. The van der Waals surface area contributed by atoms with Crippen molar-refractivity contribution in [2.45, 2.75) is 51.7 Å². The average molecular weight is 451 g/mol. The minimum Gasteiger partial charge on any atom is -0.447 e. The molecule has 1 amide bonds. The van der Waals surface area contributed by atoms with Gasteiger partial charge < -0.3 is 29.6 Å². The number of carbonyl (C=O) groups is 1. The minimum atomic E-state index is -0.676. The fraction of sp³-hybridized carbons (Fsp3) is 0.571. The van der Waals surface area contributed by atoms with Crippen LogP contribution in [0.1, 0.15) is 39.5 Å². The summed E-state index contributed by atoms with van der Waals surface area (Å²) in [6.07, 6.45) is 1.99. The van der Waals surface area contributed by atoms with Gasteiger partial charge in [0, 0.05) is 57.9 Å². The van der Waals surface area contributed by atoms with Crippen LogP contribution in [0.3, 0.4) is 0 Å². The lowest BCUT2D eigenvalue weighted by Gasteiger charge is -2.31. The number of halogens is 2. The van der Waals surface area contributed by atoms with E-state index in [9.17, 15) is 13.6 Å². The molecule has 1 aromatic carbocycles. The Kier molecular flexibility index (Phi) is 6.33. The van der Waals surface area contributed by atoms with Crippen molar-refractivity contribution in [2.75, 3.05) is 36.8 Å². The maximum atomic E-state index is 14.8. The molecule has 0 atom stereocenters. The number of nitrogens with two attached hydrogens (primary N) is 1. The second-order valence-electron chi connectivity index (χ2n) is 8.33. The van der Waals surface area contributed by atoms with Gasteiger partial charge in [-0.25, -0.2) is 13.6 Å². The van der Waals surface area contributed by atoms with Crippen LogP contribution in [0.5, 0.6) is 0 Å². The van der Waals surface area contributed by atoms with E-state index in [1.807, 2.05) is 13.8 Å². The van der Waals surface area contributed by atoms with E-state index in [0.29, 0.717) is 51.9 Å². The number of benzene rings is 1. The normalized spacial score (nSPS) is 17.8. The Morgan fingerprint density at radius 3 is 2.59 bits per heavy atom. The Bertz CT molecular complexity index is 1010. The standard InChI is InChI=1S/C21H27F2N5O4/c1-12(2)30-21(29)28-9-5-14(6-10-28)31-25-13-3-7-27(8-4-13)16-11-15(22)17-19(18(16)23)32-26-20(17)24/h11-12,14H,3-10H2,1-2H3,(H2,24,26). The Hall–Kier alpha value is -3.11. The Balaban J connectivity index is 1.30. The summed E-state index contributed by atoms with van der Waals surface area (Å²) in [6.45, 7) is 5.70. The fourth-order valence-corrected chi connectivity index (χ4v) is 3.95. The number of carbonyl (C=O) groups excluding carboxylic acids is 1. The molecule has 1 aromatic heterocycles. The molecular weight excluding hydrogens is 424 g/mol. The zero-order chi connectivity index (χ0) is 22.8. The molecule has 2 aromatic rings. The summed E-state index contributed by atoms with van der Waals surface area (Å²) >= 11 is 0. The van der Waals surface area contributed by atoms with Crippen molar-refractivity contribution in [1.29, 1.82) is 0 Å². The SMILES string of the molecule is CC(C)OC(=O)N1CCC(ON=C2CCN(c3cc(F)c4c(N)noc4c3F)CC2)CC1.